The van der Waals surface area contributed by atoms with E-state index in [-0.39, 0.29) is 24.9 Å². The summed E-state index contributed by atoms with van der Waals surface area (Å²) in [6, 6.07) is -2.20. The average Bonchev–Trinajstić information content (AvgIpc) is 2.54. The molecule has 1 amide bonds. The van der Waals surface area contributed by atoms with Crippen molar-refractivity contribution in [2.24, 2.45) is 11.5 Å². The highest BCUT2D eigenvalue weighted by Crippen LogP contribution is 2.12. The molecule has 3 atom stereocenters. The molecule has 0 aromatic heterocycles. The summed E-state index contributed by atoms with van der Waals surface area (Å²) >= 11 is 0. The molecule has 0 heterocycles. The number of hydrogen-bond donors (Lipinski definition) is 3. The Morgan fingerprint density at radius 2 is 1.35 bits per heavy atom. The first kappa shape index (κ1) is 24.5. The van der Waals surface area contributed by atoms with Gasteiger partial charge in [0, 0.05) is 32.0 Å². The Morgan fingerprint density at radius 3 is 1.77 bits per heavy atom. The molecule has 0 saturated heterocycles. The maximum atomic E-state index is 12.4. The van der Waals surface area contributed by atoms with Gasteiger partial charge < -0.3 is 21.5 Å². The first-order valence-electron chi connectivity index (χ1n) is 9.76. The fourth-order valence-electron chi connectivity index (χ4n) is 2.92. The van der Waals surface area contributed by atoms with Crippen molar-refractivity contribution in [2.75, 3.05) is 7.05 Å². The molecule has 0 aromatic rings. The average molecular weight is 372 g/mol. The third kappa shape index (κ3) is 9.87. The van der Waals surface area contributed by atoms with E-state index in [4.69, 9.17) is 11.5 Å². The standard InChI is InChI=1S/C19H37N3O4/c1-4-6-8-10-14(20)12-16(23)18(19(25)26)22(3)17(24)13-15(21)11-9-7-5-2/h14-15,18H,4-13,20-21H2,1-3H3,(H,25,26). The van der Waals surface area contributed by atoms with Gasteiger partial charge in [-0.15, -0.1) is 0 Å². The van der Waals surface area contributed by atoms with Gasteiger partial charge in [-0.05, 0) is 12.8 Å². The van der Waals surface area contributed by atoms with Crippen LogP contribution in [0.5, 0.6) is 0 Å². The number of likely N-dealkylation sites (N-methyl/N-ethyl adjacent to an activating group) is 1. The minimum absolute atomic E-state index is 0.0408. The maximum absolute atomic E-state index is 12.4. The number of carboxylic acid groups (broad SMARTS) is 1. The number of nitrogens with two attached hydrogens (primary N) is 2. The van der Waals surface area contributed by atoms with Gasteiger partial charge in [-0.25, -0.2) is 4.79 Å². The molecule has 0 aromatic carbocycles. The lowest BCUT2D eigenvalue weighted by molar-refractivity contribution is -0.153. The molecule has 0 saturated carbocycles. The molecule has 26 heavy (non-hydrogen) atoms. The van der Waals surface area contributed by atoms with Crippen molar-refractivity contribution in [3.8, 4) is 0 Å². The number of aliphatic carboxylic acids is 1. The molecular weight excluding hydrogens is 334 g/mol. The molecule has 0 aliphatic rings. The monoisotopic (exact) mass is 371 g/mol. The highest BCUT2D eigenvalue weighted by molar-refractivity contribution is 6.05. The van der Waals surface area contributed by atoms with Crippen molar-refractivity contribution in [3.05, 3.63) is 0 Å². The van der Waals surface area contributed by atoms with Crippen molar-refractivity contribution >= 4 is 17.7 Å². The van der Waals surface area contributed by atoms with Gasteiger partial charge in [0.1, 0.15) is 0 Å². The lowest BCUT2D eigenvalue weighted by Gasteiger charge is -2.26. The van der Waals surface area contributed by atoms with Crippen LogP contribution in [0.25, 0.3) is 0 Å². The van der Waals surface area contributed by atoms with E-state index in [1.54, 1.807) is 0 Å². The molecule has 7 nitrogen and oxygen atoms in total. The van der Waals surface area contributed by atoms with E-state index in [0.717, 1.165) is 43.4 Å². The topological polar surface area (TPSA) is 127 Å². The minimum atomic E-state index is -1.50. The predicted molar refractivity (Wildman–Crippen MR) is 103 cm³/mol. The fraction of sp³-hybridized carbons (Fsp3) is 0.842. The van der Waals surface area contributed by atoms with E-state index in [9.17, 15) is 19.5 Å². The fourth-order valence-corrected chi connectivity index (χ4v) is 2.92. The van der Waals surface area contributed by atoms with Crippen LogP contribution in [0.3, 0.4) is 0 Å². The van der Waals surface area contributed by atoms with Crippen molar-refractivity contribution in [3.63, 3.8) is 0 Å². The Labute approximate surface area is 157 Å². The number of rotatable bonds is 15. The van der Waals surface area contributed by atoms with E-state index in [2.05, 4.69) is 13.8 Å². The van der Waals surface area contributed by atoms with Crippen LogP contribution in [0, 0.1) is 0 Å². The summed E-state index contributed by atoms with van der Waals surface area (Å²) in [7, 11) is 1.35. The van der Waals surface area contributed by atoms with Crippen LogP contribution in [0.15, 0.2) is 0 Å². The maximum Gasteiger partial charge on any atom is 0.334 e. The molecule has 7 heteroatoms. The van der Waals surface area contributed by atoms with Crippen molar-refractivity contribution in [2.45, 2.75) is 96.2 Å². The van der Waals surface area contributed by atoms with E-state index in [1.807, 2.05) is 0 Å². The number of amides is 1. The number of carboxylic acids is 1. The molecular formula is C19H37N3O4. The van der Waals surface area contributed by atoms with Gasteiger partial charge in [-0.1, -0.05) is 52.4 Å². The summed E-state index contributed by atoms with van der Waals surface area (Å²) in [6.07, 6.45) is 7.41. The van der Waals surface area contributed by atoms with E-state index < -0.39 is 23.7 Å². The largest absolute Gasteiger partial charge is 0.479 e. The second-order valence-corrected chi connectivity index (χ2v) is 7.13. The highest BCUT2D eigenvalue weighted by atomic mass is 16.4. The number of Topliss-reactive ketones (excluding diaryl/α,β-unsaturated/α-hetero) is 1. The lowest BCUT2D eigenvalue weighted by Crippen LogP contribution is -2.50. The summed E-state index contributed by atoms with van der Waals surface area (Å²) in [4.78, 5) is 37.3. The third-order valence-corrected chi connectivity index (χ3v) is 4.58. The van der Waals surface area contributed by atoms with Gasteiger partial charge in [0.15, 0.2) is 11.8 Å². The van der Waals surface area contributed by atoms with Crippen LogP contribution in [-0.4, -0.2) is 52.8 Å². The number of ketones is 1. The van der Waals surface area contributed by atoms with Gasteiger partial charge in [-0.3, -0.25) is 9.59 Å². The number of carbonyl (C=O) groups is 3. The van der Waals surface area contributed by atoms with Crippen molar-refractivity contribution in [1.82, 2.24) is 4.90 Å². The van der Waals surface area contributed by atoms with Gasteiger partial charge in [0.25, 0.3) is 0 Å². The smallest absolute Gasteiger partial charge is 0.334 e. The molecule has 3 unspecified atom stereocenters. The van der Waals surface area contributed by atoms with E-state index in [0.29, 0.717) is 12.8 Å². The second-order valence-electron chi connectivity index (χ2n) is 7.13. The van der Waals surface area contributed by atoms with Gasteiger partial charge in [0.05, 0.1) is 0 Å². The van der Waals surface area contributed by atoms with Crippen molar-refractivity contribution < 1.29 is 19.5 Å². The zero-order valence-electron chi connectivity index (χ0n) is 16.6. The Kier molecular flexibility index (Phi) is 12.9. The van der Waals surface area contributed by atoms with Crippen LogP contribution < -0.4 is 11.5 Å². The van der Waals surface area contributed by atoms with Gasteiger partial charge in [-0.2, -0.15) is 0 Å². The molecule has 152 valence electrons. The normalized spacial score (nSPS) is 14.5. The molecule has 0 bridgehead atoms. The number of hydrogen-bond acceptors (Lipinski definition) is 5. The third-order valence-electron chi connectivity index (χ3n) is 4.58. The predicted octanol–water partition coefficient (Wildman–Crippen LogP) is 2.06. The van der Waals surface area contributed by atoms with E-state index >= 15 is 0 Å². The summed E-state index contributed by atoms with van der Waals surface area (Å²) < 4.78 is 0. The second kappa shape index (κ2) is 13.7. The van der Waals surface area contributed by atoms with E-state index in [1.165, 1.54) is 7.05 Å². The molecule has 0 aliphatic heterocycles. The Bertz CT molecular complexity index is 443. The molecule has 0 radical (unpaired) electrons. The number of carbonyl (C=O) groups excluding carboxylic acids is 2. The summed E-state index contributed by atoms with van der Waals surface area (Å²) in [5.74, 6) is -2.28. The summed E-state index contributed by atoms with van der Waals surface area (Å²) in [5, 5.41) is 9.41. The Balaban J connectivity index is 4.67. The zero-order chi connectivity index (χ0) is 20.1. The van der Waals surface area contributed by atoms with Crippen LogP contribution in [-0.2, 0) is 14.4 Å². The van der Waals surface area contributed by atoms with Crippen LogP contribution in [0.2, 0.25) is 0 Å². The Morgan fingerprint density at radius 1 is 0.885 bits per heavy atom. The molecule has 0 rings (SSSR count). The van der Waals surface area contributed by atoms with Crippen molar-refractivity contribution in [1.29, 1.82) is 0 Å². The van der Waals surface area contributed by atoms with Crippen LogP contribution >= 0.6 is 0 Å². The quantitative estimate of drug-likeness (QED) is 0.299. The van der Waals surface area contributed by atoms with Gasteiger partial charge in [0.2, 0.25) is 5.91 Å². The molecule has 5 N–H and O–H groups in total. The zero-order valence-corrected chi connectivity index (χ0v) is 16.6. The van der Waals surface area contributed by atoms with Crippen LogP contribution in [0.4, 0.5) is 0 Å². The lowest BCUT2D eigenvalue weighted by atomic mass is 9.99. The first-order valence-corrected chi connectivity index (χ1v) is 9.76. The summed E-state index contributed by atoms with van der Waals surface area (Å²) in [6.45, 7) is 4.16. The number of unbranched alkanes of at least 4 members (excludes halogenated alkanes) is 4. The molecule has 0 aliphatic carbocycles. The first-order chi connectivity index (χ1) is 12.2. The highest BCUT2D eigenvalue weighted by Gasteiger charge is 2.34. The Hall–Kier alpha value is -1.47. The summed E-state index contributed by atoms with van der Waals surface area (Å²) in [5.41, 5.74) is 11.9. The minimum Gasteiger partial charge on any atom is -0.479 e. The number of nitrogens with zero attached hydrogens (tertiary/aromatic N) is 1. The molecule has 0 fully saturated rings. The van der Waals surface area contributed by atoms with Crippen LogP contribution in [0.1, 0.15) is 78.1 Å². The SMILES string of the molecule is CCCCCC(N)CC(=O)C(C(=O)O)N(C)C(=O)CC(N)CCCCC. The molecule has 0 spiro atoms. The van der Waals surface area contributed by atoms with Gasteiger partial charge >= 0.3 is 5.97 Å².